The first-order valence-electron chi connectivity index (χ1n) is 7.90. The monoisotopic (exact) mass is 312 g/mol. The Kier molecular flexibility index (Phi) is 8.41. The summed E-state index contributed by atoms with van der Waals surface area (Å²) >= 11 is 1.77. The zero-order chi connectivity index (χ0) is 15.8. The topological polar surface area (TPSA) is 31.4 Å². The minimum absolute atomic E-state index is 0.509. The predicted octanol–water partition coefficient (Wildman–Crippen LogP) is 2.66. The van der Waals surface area contributed by atoms with E-state index >= 15 is 0 Å². The molecule has 1 N–H and O–H groups in total. The molecular formula is C16H32N4S. The number of nitrogens with one attached hydrogen (secondary N) is 1. The fourth-order valence-corrected chi connectivity index (χ4v) is 2.85. The second-order valence-corrected chi connectivity index (χ2v) is 7.64. The van der Waals surface area contributed by atoms with Gasteiger partial charge in [-0.05, 0) is 20.0 Å². The summed E-state index contributed by atoms with van der Waals surface area (Å²) in [6.07, 6.45) is 0. The highest BCUT2D eigenvalue weighted by Gasteiger charge is 2.11. The highest BCUT2D eigenvalue weighted by atomic mass is 32.1. The van der Waals surface area contributed by atoms with E-state index in [9.17, 15) is 0 Å². The first kappa shape index (κ1) is 18.6. The van der Waals surface area contributed by atoms with E-state index in [4.69, 9.17) is 4.98 Å². The molecule has 0 saturated heterocycles. The van der Waals surface area contributed by atoms with Crippen LogP contribution in [0.25, 0.3) is 0 Å². The molecule has 1 rings (SSSR count). The van der Waals surface area contributed by atoms with Crippen LogP contribution < -0.4 is 5.32 Å². The predicted molar refractivity (Wildman–Crippen MR) is 92.8 cm³/mol. The molecule has 0 unspecified atom stereocenters. The molecule has 0 atom stereocenters. The van der Waals surface area contributed by atoms with Crippen LogP contribution in [-0.2, 0) is 13.1 Å². The zero-order valence-electron chi connectivity index (χ0n) is 14.5. The van der Waals surface area contributed by atoms with Crippen molar-refractivity contribution in [1.29, 1.82) is 0 Å². The van der Waals surface area contributed by atoms with E-state index in [2.05, 4.69) is 62.3 Å². The number of nitrogens with zero attached hydrogens (tertiary/aromatic N) is 3. The van der Waals surface area contributed by atoms with Gasteiger partial charge >= 0.3 is 0 Å². The van der Waals surface area contributed by atoms with Gasteiger partial charge < -0.3 is 10.2 Å². The Hall–Kier alpha value is -0.490. The number of likely N-dealkylation sites (N-methyl/N-ethyl adjacent to an activating group) is 1. The molecule has 0 spiro atoms. The van der Waals surface area contributed by atoms with E-state index < -0.39 is 0 Å². The molecule has 0 fully saturated rings. The molecule has 122 valence electrons. The summed E-state index contributed by atoms with van der Waals surface area (Å²) in [5.41, 5.74) is 1.21. The third-order valence-corrected chi connectivity index (χ3v) is 4.03. The Balaban J connectivity index is 2.52. The molecule has 0 bridgehead atoms. The first-order chi connectivity index (χ1) is 9.86. The van der Waals surface area contributed by atoms with Gasteiger partial charge in [-0.15, -0.1) is 11.3 Å². The normalized spacial score (nSPS) is 12.3. The number of hydrogen-bond acceptors (Lipinski definition) is 5. The molecule has 0 aliphatic heterocycles. The van der Waals surface area contributed by atoms with E-state index in [-0.39, 0.29) is 0 Å². The summed E-state index contributed by atoms with van der Waals surface area (Å²) < 4.78 is 0. The van der Waals surface area contributed by atoms with Crippen LogP contribution in [-0.4, -0.2) is 54.6 Å². The molecule has 1 aromatic rings. The van der Waals surface area contributed by atoms with Gasteiger partial charge in [-0.3, -0.25) is 4.90 Å². The van der Waals surface area contributed by atoms with Crippen LogP contribution in [0, 0.1) is 5.92 Å². The molecule has 0 radical (unpaired) electrons. The van der Waals surface area contributed by atoms with Crippen LogP contribution in [0.5, 0.6) is 0 Å². The third kappa shape index (κ3) is 8.51. The Morgan fingerprint density at radius 1 is 1.19 bits per heavy atom. The Morgan fingerprint density at radius 3 is 2.48 bits per heavy atom. The van der Waals surface area contributed by atoms with Crippen LogP contribution >= 0.6 is 11.3 Å². The largest absolute Gasteiger partial charge is 0.308 e. The van der Waals surface area contributed by atoms with Crippen molar-refractivity contribution in [2.45, 2.75) is 46.8 Å². The molecule has 0 aliphatic carbocycles. The van der Waals surface area contributed by atoms with Crippen molar-refractivity contribution in [1.82, 2.24) is 20.1 Å². The van der Waals surface area contributed by atoms with Crippen LogP contribution in [0.2, 0.25) is 0 Å². The molecule has 1 heterocycles. The maximum atomic E-state index is 4.76. The van der Waals surface area contributed by atoms with Gasteiger partial charge in [-0.1, -0.05) is 27.7 Å². The Bertz CT molecular complexity index is 387. The summed E-state index contributed by atoms with van der Waals surface area (Å²) in [7, 11) is 4.26. The van der Waals surface area contributed by atoms with Crippen molar-refractivity contribution in [2.75, 3.05) is 33.7 Å². The number of aromatic nitrogens is 1. The Morgan fingerprint density at radius 2 is 1.90 bits per heavy atom. The Labute approximate surface area is 134 Å². The van der Waals surface area contributed by atoms with Crippen LogP contribution in [0.15, 0.2) is 5.38 Å². The van der Waals surface area contributed by atoms with Crippen LogP contribution in [0.4, 0.5) is 0 Å². The summed E-state index contributed by atoms with van der Waals surface area (Å²) in [5, 5.41) is 6.83. The maximum absolute atomic E-state index is 4.76. The second-order valence-electron chi connectivity index (χ2n) is 6.70. The lowest BCUT2D eigenvalue weighted by atomic mass is 10.2. The fourth-order valence-electron chi connectivity index (χ4n) is 2.12. The second kappa shape index (κ2) is 9.51. The molecule has 4 nitrogen and oxygen atoms in total. The van der Waals surface area contributed by atoms with Gasteiger partial charge in [0, 0.05) is 44.1 Å². The van der Waals surface area contributed by atoms with Crippen molar-refractivity contribution in [3.63, 3.8) is 0 Å². The molecule has 0 aliphatic rings. The number of hydrogen-bond donors (Lipinski definition) is 1. The fraction of sp³-hybridized carbons (Fsp3) is 0.812. The smallest absolute Gasteiger partial charge is 0.107 e. The summed E-state index contributed by atoms with van der Waals surface area (Å²) in [4.78, 5) is 9.51. The van der Waals surface area contributed by atoms with Crippen molar-refractivity contribution in [3.05, 3.63) is 16.1 Å². The van der Waals surface area contributed by atoms with Crippen molar-refractivity contribution in [3.8, 4) is 0 Å². The lowest BCUT2D eigenvalue weighted by Crippen LogP contribution is -2.34. The standard InChI is InChI=1S/C16H32N4S/c1-13(2)10-20(8-7-19(5)6)11-15-12-21-16(18-15)9-17-14(3)4/h12-14,17H,7-11H2,1-6H3. The van der Waals surface area contributed by atoms with E-state index in [0.29, 0.717) is 12.0 Å². The van der Waals surface area contributed by atoms with Gasteiger partial charge in [0.1, 0.15) is 5.01 Å². The summed E-state index contributed by atoms with van der Waals surface area (Å²) in [6, 6.07) is 0.509. The lowest BCUT2D eigenvalue weighted by molar-refractivity contribution is 0.210. The molecule has 0 aromatic carbocycles. The highest BCUT2D eigenvalue weighted by molar-refractivity contribution is 7.09. The zero-order valence-corrected chi connectivity index (χ0v) is 15.3. The summed E-state index contributed by atoms with van der Waals surface area (Å²) in [5.74, 6) is 0.688. The minimum Gasteiger partial charge on any atom is -0.308 e. The quantitative estimate of drug-likeness (QED) is 0.720. The van der Waals surface area contributed by atoms with Gasteiger partial charge in [-0.25, -0.2) is 4.98 Å². The molecular weight excluding hydrogens is 280 g/mol. The molecule has 0 saturated carbocycles. The van der Waals surface area contributed by atoms with E-state index in [1.165, 1.54) is 10.7 Å². The van der Waals surface area contributed by atoms with E-state index in [1.807, 2.05) is 0 Å². The summed E-state index contributed by atoms with van der Waals surface area (Å²) in [6.45, 7) is 14.1. The number of thiazole rings is 1. The highest BCUT2D eigenvalue weighted by Crippen LogP contribution is 2.13. The van der Waals surface area contributed by atoms with Crippen molar-refractivity contribution in [2.24, 2.45) is 5.92 Å². The van der Waals surface area contributed by atoms with Crippen molar-refractivity contribution >= 4 is 11.3 Å². The molecule has 5 heteroatoms. The molecule has 1 aromatic heterocycles. The minimum atomic E-state index is 0.509. The average molecular weight is 313 g/mol. The SMILES string of the molecule is CC(C)CN(CCN(C)C)Cc1csc(CNC(C)C)n1. The van der Waals surface area contributed by atoms with Crippen molar-refractivity contribution < 1.29 is 0 Å². The van der Waals surface area contributed by atoms with E-state index in [1.54, 1.807) is 11.3 Å². The third-order valence-electron chi connectivity index (χ3n) is 3.13. The molecule has 0 amide bonds. The maximum Gasteiger partial charge on any atom is 0.107 e. The van der Waals surface area contributed by atoms with Gasteiger partial charge in [0.05, 0.1) is 5.69 Å². The van der Waals surface area contributed by atoms with Gasteiger partial charge in [0.25, 0.3) is 0 Å². The average Bonchev–Trinajstić information content (AvgIpc) is 2.80. The van der Waals surface area contributed by atoms with Crippen LogP contribution in [0.3, 0.4) is 0 Å². The van der Waals surface area contributed by atoms with Gasteiger partial charge in [-0.2, -0.15) is 0 Å². The first-order valence-corrected chi connectivity index (χ1v) is 8.78. The van der Waals surface area contributed by atoms with Gasteiger partial charge in [0.15, 0.2) is 0 Å². The lowest BCUT2D eigenvalue weighted by Gasteiger charge is -2.25. The van der Waals surface area contributed by atoms with E-state index in [0.717, 1.165) is 32.7 Å². The van der Waals surface area contributed by atoms with Gasteiger partial charge in [0.2, 0.25) is 0 Å². The number of rotatable bonds is 10. The molecule has 21 heavy (non-hydrogen) atoms. The van der Waals surface area contributed by atoms with Crippen LogP contribution in [0.1, 0.15) is 38.4 Å².